The zero-order valence-corrected chi connectivity index (χ0v) is 8.70. The van der Waals surface area contributed by atoms with Gasteiger partial charge >= 0.3 is 5.97 Å². The summed E-state index contributed by atoms with van der Waals surface area (Å²) in [5.74, 6) is -1.14. The summed E-state index contributed by atoms with van der Waals surface area (Å²) in [7, 11) is 0. The number of aryl methyl sites for hydroxylation is 1. The van der Waals surface area contributed by atoms with Crippen molar-refractivity contribution in [2.45, 2.75) is 6.92 Å². The van der Waals surface area contributed by atoms with Crippen LogP contribution in [0.25, 0.3) is 11.1 Å². The van der Waals surface area contributed by atoms with Gasteiger partial charge in [0.1, 0.15) is 5.52 Å². The fourth-order valence-corrected chi connectivity index (χ4v) is 1.74. The third kappa shape index (κ3) is 1.27. The third-order valence-electron chi connectivity index (χ3n) is 1.71. The molecule has 1 N–H and O–H groups in total. The minimum absolute atomic E-state index is 0.163. The molecule has 0 radical (unpaired) electrons. The van der Waals surface area contributed by atoms with Gasteiger partial charge in [-0.2, -0.15) is 0 Å². The van der Waals surface area contributed by atoms with Crippen LogP contribution >= 0.6 is 15.9 Å². The third-order valence-corrected chi connectivity index (χ3v) is 2.30. The first-order valence-corrected chi connectivity index (χ1v) is 4.54. The average molecular weight is 257 g/mol. The molecule has 2 heterocycles. The van der Waals surface area contributed by atoms with Gasteiger partial charge in [0.25, 0.3) is 0 Å². The van der Waals surface area contributed by atoms with Gasteiger partial charge < -0.3 is 9.63 Å². The SMILES string of the molecule is Cc1cc(Br)c2onc(C(=O)O)c2n1. The number of hydrogen-bond donors (Lipinski definition) is 1. The fraction of sp³-hybridized carbons (Fsp3) is 0.125. The van der Waals surface area contributed by atoms with Gasteiger partial charge in [-0.05, 0) is 28.9 Å². The first-order chi connectivity index (χ1) is 6.59. The summed E-state index contributed by atoms with van der Waals surface area (Å²) in [6, 6.07) is 1.74. The van der Waals surface area contributed by atoms with Gasteiger partial charge in [-0.3, -0.25) is 0 Å². The Kier molecular flexibility index (Phi) is 1.99. The number of fused-ring (bicyclic) bond motifs is 1. The molecule has 0 aromatic carbocycles. The lowest BCUT2D eigenvalue weighted by molar-refractivity contribution is 0.0687. The number of aromatic nitrogens is 2. The largest absolute Gasteiger partial charge is 0.476 e. The highest BCUT2D eigenvalue weighted by molar-refractivity contribution is 9.10. The summed E-state index contributed by atoms with van der Waals surface area (Å²) in [6.07, 6.45) is 0. The van der Waals surface area contributed by atoms with Crippen molar-refractivity contribution in [3.63, 3.8) is 0 Å². The second-order valence-corrected chi connectivity index (χ2v) is 3.61. The van der Waals surface area contributed by atoms with Gasteiger partial charge in [-0.15, -0.1) is 0 Å². The average Bonchev–Trinajstić information content (AvgIpc) is 2.47. The summed E-state index contributed by atoms with van der Waals surface area (Å²) in [6.45, 7) is 1.77. The lowest BCUT2D eigenvalue weighted by Crippen LogP contribution is -1.98. The van der Waals surface area contributed by atoms with Gasteiger partial charge in [0.05, 0.1) is 4.47 Å². The predicted octanol–water partition coefficient (Wildman–Crippen LogP) is 1.99. The second-order valence-electron chi connectivity index (χ2n) is 2.76. The van der Waals surface area contributed by atoms with Gasteiger partial charge in [0.15, 0.2) is 5.58 Å². The quantitative estimate of drug-likeness (QED) is 0.845. The Labute approximate surface area is 86.9 Å². The fourth-order valence-electron chi connectivity index (χ4n) is 1.14. The number of carbonyl (C=O) groups is 1. The molecule has 2 aromatic rings. The van der Waals surface area contributed by atoms with Crippen LogP contribution in [0, 0.1) is 6.92 Å². The Bertz CT molecular complexity index is 521. The van der Waals surface area contributed by atoms with Crippen molar-refractivity contribution in [1.82, 2.24) is 10.1 Å². The molecule has 0 atom stereocenters. The molecular weight excluding hydrogens is 252 g/mol. The van der Waals surface area contributed by atoms with E-state index >= 15 is 0 Å². The van der Waals surface area contributed by atoms with Crippen molar-refractivity contribution in [3.8, 4) is 0 Å². The van der Waals surface area contributed by atoms with E-state index in [1.807, 2.05) is 0 Å². The smallest absolute Gasteiger partial charge is 0.360 e. The molecular formula is C8H5BrN2O3. The van der Waals surface area contributed by atoms with Gasteiger partial charge in [-0.1, -0.05) is 5.16 Å². The second kappa shape index (κ2) is 3.06. The predicted molar refractivity (Wildman–Crippen MR) is 51.2 cm³/mol. The van der Waals surface area contributed by atoms with Crippen molar-refractivity contribution < 1.29 is 14.4 Å². The zero-order valence-electron chi connectivity index (χ0n) is 7.11. The van der Waals surface area contributed by atoms with Crippen molar-refractivity contribution in [2.75, 3.05) is 0 Å². The molecule has 0 saturated carbocycles. The minimum atomic E-state index is -1.14. The highest BCUT2D eigenvalue weighted by Gasteiger charge is 2.18. The molecule has 2 aromatic heterocycles. The molecule has 0 bridgehead atoms. The summed E-state index contributed by atoms with van der Waals surface area (Å²) in [4.78, 5) is 14.8. The maximum Gasteiger partial charge on any atom is 0.360 e. The number of rotatable bonds is 1. The van der Waals surface area contributed by atoms with E-state index in [9.17, 15) is 4.79 Å². The van der Waals surface area contributed by atoms with Crippen LogP contribution in [0.3, 0.4) is 0 Å². The minimum Gasteiger partial charge on any atom is -0.476 e. The van der Waals surface area contributed by atoms with Crippen LogP contribution in [0.1, 0.15) is 16.2 Å². The zero-order chi connectivity index (χ0) is 10.3. The van der Waals surface area contributed by atoms with Gasteiger partial charge in [0, 0.05) is 5.69 Å². The molecule has 0 aliphatic heterocycles. The summed E-state index contributed by atoms with van der Waals surface area (Å²) >= 11 is 3.24. The van der Waals surface area contributed by atoms with E-state index in [1.165, 1.54) is 0 Å². The number of aromatic carboxylic acids is 1. The van der Waals surface area contributed by atoms with E-state index in [1.54, 1.807) is 13.0 Å². The Balaban J connectivity index is 2.85. The highest BCUT2D eigenvalue weighted by Crippen LogP contribution is 2.25. The molecule has 0 spiro atoms. The Hall–Kier alpha value is -1.43. The molecule has 0 aliphatic rings. The standard InChI is InChI=1S/C8H5BrN2O3/c1-3-2-4(9)7-5(10-3)6(8(12)13)11-14-7/h2H,1H3,(H,12,13). The number of hydrogen-bond acceptors (Lipinski definition) is 4. The first kappa shape index (κ1) is 9.14. The van der Waals surface area contributed by atoms with Crippen LogP contribution in [-0.4, -0.2) is 21.2 Å². The molecule has 6 heteroatoms. The maximum atomic E-state index is 10.7. The Morgan fingerprint density at radius 2 is 2.36 bits per heavy atom. The number of carboxylic acid groups (broad SMARTS) is 1. The van der Waals surface area contributed by atoms with E-state index in [2.05, 4.69) is 26.1 Å². The Morgan fingerprint density at radius 1 is 1.64 bits per heavy atom. The van der Waals surface area contributed by atoms with Crippen molar-refractivity contribution in [3.05, 3.63) is 21.9 Å². The van der Waals surface area contributed by atoms with Crippen LogP contribution in [0.5, 0.6) is 0 Å². The van der Waals surface area contributed by atoms with E-state index in [0.717, 1.165) is 0 Å². The van der Waals surface area contributed by atoms with Crippen LogP contribution in [0.2, 0.25) is 0 Å². The summed E-state index contributed by atoms with van der Waals surface area (Å²) < 4.78 is 5.51. The lowest BCUT2D eigenvalue weighted by Gasteiger charge is -1.94. The van der Waals surface area contributed by atoms with Crippen LogP contribution in [-0.2, 0) is 0 Å². The van der Waals surface area contributed by atoms with Gasteiger partial charge in [-0.25, -0.2) is 9.78 Å². The molecule has 5 nitrogen and oxygen atoms in total. The van der Waals surface area contributed by atoms with Crippen molar-refractivity contribution in [1.29, 1.82) is 0 Å². The number of halogens is 1. The molecule has 72 valence electrons. The van der Waals surface area contributed by atoms with Gasteiger partial charge in [0.2, 0.25) is 5.69 Å². The van der Waals surface area contributed by atoms with E-state index in [0.29, 0.717) is 15.7 Å². The molecule has 2 rings (SSSR count). The molecule has 0 amide bonds. The Morgan fingerprint density at radius 3 is 3.00 bits per heavy atom. The maximum absolute atomic E-state index is 10.7. The molecule has 0 fully saturated rings. The lowest BCUT2D eigenvalue weighted by atomic mass is 10.3. The number of carboxylic acids is 1. The number of nitrogens with zero attached hydrogens (tertiary/aromatic N) is 2. The molecule has 0 aliphatic carbocycles. The normalized spacial score (nSPS) is 10.7. The van der Waals surface area contributed by atoms with E-state index < -0.39 is 5.97 Å². The monoisotopic (exact) mass is 256 g/mol. The van der Waals surface area contributed by atoms with E-state index in [-0.39, 0.29) is 11.2 Å². The molecule has 0 unspecified atom stereocenters. The van der Waals surface area contributed by atoms with Crippen molar-refractivity contribution in [2.24, 2.45) is 0 Å². The number of pyridine rings is 1. The molecule has 14 heavy (non-hydrogen) atoms. The van der Waals surface area contributed by atoms with Crippen LogP contribution < -0.4 is 0 Å². The van der Waals surface area contributed by atoms with Crippen molar-refractivity contribution >= 4 is 33.0 Å². The first-order valence-electron chi connectivity index (χ1n) is 3.75. The molecule has 0 saturated heterocycles. The van der Waals surface area contributed by atoms with E-state index in [4.69, 9.17) is 9.63 Å². The topological polar surface area (TPSA) is 76.2 Å². The van der Waals surface area contributed by atoms with Crippen LogP contribution in [0.4, 0.5) is 0 Å². The van der Waals surface area contributed by atoms with Crippen LogP contribution in [0.15, 0.2) is 15.1 Å². The summed E-state index contributed by atoms with van der Waals surface area (Å²) in [5.41, 5.74) is 1.16. The summed E-state index contributed by atoms with van der Waals surface area (Å²) in [5, 5.41) is 12.2. The highest BCUT2D eigenvalue weighted by atomic mass is 79.9.